The quantitative estimate of drug-likeness (QED) is 0.314. The Morgan fingerprint density at radius 1 is 0.647 bits per heavy atom. The van der Waals surface area contributed by atoms with Crippen LogP contribution in [-0.4, -0.2) is 24.1 Å². The summed E-state index contributed by atoms with van der Waals surface area (Å²) in [5.74, 6) is 0.856. The summed E-state index contributed by atoms with van der Waals surface area (Å²) in [6.07, 6.45) is 7.61. The van der Waals surface area contributed by atoms with Gasteiger partial charge in [-0.1, -0.05) is 24.3 Å². The summed E-state index contributed by atoms with van der Waals surface area (Å²) >= 11 is 0. The fourth-order valence-electron chi connectivity index (χ4n) is 4.81. The highest BCUT2D eigenvalue weighted by molar-refractivity contribution is 6.17. The largest absolute Gasteiger partial charge is 0.316 e. The molecule has 0 saturated heterocycles. The predicted molar refractivity (Wildman–Crippen MR) is 136 cm³/mol. The minimum Gasteiger partial charge on any atom is -0.316 e. The highest BCUT2D eigenvalue weighted by Gasteiger charge is 2.18. The standard InChI is InChI=1S/C29H19N5/c1-2-8-21(9-3-1)33-18-15-22-25(33)14-13-23-28-26(11-6-17-31-28)34(29(22)23)27-12-4-10-24(32-27)20-7-5-16-30-19-20/h1-19H. The number of pyridine rings is 3. The van der Waals surface area contributed by atoms with E-state index in [4.69, 9.17) is 9.97 Å². The van der Waals surface area contributed by atoms with E-state index in [0.717, 1.165) is 55.6 Å². The van der Waals surface area contributed by atoms with Gasteiger partial charge in [-0.2, -0.15) is 0 Å². The van der Waals surface area contributed by atoms with Crippen molar-refractivity contribution in [3.63, 3.8) is 0 Å². The topological polar surface area (TPSA) is 48.5 Å². The first-order chi connectivity index (χ1) is 16.9. The van der Waals surface area contributed by atoms with Gasteiger partial charge < -0.3 is 4.57 Å². The van der Waals surface area contributed by atoms with Crippen LogP contribution in [0.15, 0.2) is 116 Å². The smallest absolute Gasteiger partial charge is 0.138 e. The van der Waals surface area contributed by atoms with Gasteiger partial charge in [0, 0.05) is 46.8 Å². The van der Waals surface area contributed by atoms with Gasteiger partial charge in [-0.15, -0.1) is 0 Å². The lowest BCUT2D eigenvalue weighted by Gasteiger charge is -2.10. The molecule has 0 radical (unpaired) electrons. The number of para-hydroxylation sites is 1. The van der Waals surface area contributed by atoms with Crippen LogP contribution in [0.2, 0.25) is 0 Å². The third-order valence-corrected chi connectivity index (χ3v) is 6.31. The van der Waals surface area contributed by atoms with E-state index in [1.54, 1.807) is 6.20 Å². The normalized spacial score (nSPS) is 11.5. The van der Waals surface area contributed by atoms with Crippen LogP contribution in [0.1, 0.15) is 0 Å². The van der Waals surface area contributed by atoms with E-state index < -0.39 is 0 Å². The van der Waals surface area contributed by atoms with Gasteiger partial charge in [0.15, 0.2) is 0 Å². The summed E-state index contributed by atoms with van der Waals surface area (Å²) in [6.45, 7) is 0. The number of aromatic nitrogens is 5. The van der Waals surface area contributed by atoms with Gasteiger partial charge in [-0.25, -0.2) is 4.98 Å². The summed E-state index contributed by atoms with van der Waals surface area (Å²) in [5.41, 5.74) is 7.27. The summed E-state index contributed by atoms with van der Waals surface area (Å²) in [5, 5.41) is 2.27. The number of fused-ring (bicyclic) bond motifs is 5. The Labute approximate surface area is 195 Å². The molecule has 0 spiro atoms. The third kappa shape index (κ3) is 2.77. The maximum Gasteiger partial charge on any atom is 0.138 e. The lowest BCUT2D eigenvalue weighted by Crippen LogP contribution is -1.99. The first-order valence-corrected chi connectivity index (χ1v) is 11.2. The number of rotatable bonds is 3. The molecular weight excluding hydrogens is 418 g/mol. The number of hydrogen-bond acceptors (Lipinski definition) is 3. The Bertz CT molecular complexity index is 1800. The van der Waals surface area contributed by atoms with Crippen LogP contribution in [0, 0.1) is 0 Å². The summed E-state index contributed by atoms with van der Waals surface area (Å²) in [4.78, 5) is 14.1. The van der Waals surface area contributed by atoms with Crippen LogP contribution < -0.4 is 0 Å². The number of hydrogen-bond donors (Lipinski definition) is 0. The van der Waals surface area contributed by atoms with Gasteiger partial charge in [-0.05, 0) is 66.7 Å². The maximum absolute atomic E-state index is 5.05. The zero-order valence-electron chi connectivity index (χ0n) is 18.2. The Kier molecular flexibility index (Phi) is 4.08. The monoisotopic (exact) mass is 437 g/mol. The fourth-order valence-corrected chi connectivity index (χ4v) is 4.81. The summed E-state index contributed by atoms with van der Waals surface area (Å²) < 4.78 is 4.46. The minimum atomic E-state index is 0.856. The highest BCUT2D eigenvalue weighted by Crippen LogP contribution is 2.36. The molecule has 0 atom stereocenters. The van der Waals surface area contributed by atoms with Crippen LogP contribution >= 0.6 is 0 Å². The Hall–Kier alpha value is -4.77. The van der Waals surface area contributed by atoms with E-state index in [2.05, 4.69) is 74.9 Å². The maximum atomic E-state index is 5.05. The van der Waals surface area contributed by atoms with Crippen molar-refractivity contribution in [2.75, 3.05) is 0 Å². The Morgan fingerprint density at radius 2 is 1.56 bits per heavy atom. The number of nitrogens with zero attached hydrogens (tertiary/aromatic N) is 5. The molecule has 0 aliphatic carbocycles. The van der Waals surface area contributed by atoms with Crippen LogP contribution in [0.5, 0.6) is 0 Å². The van der Waals surface area contributed by atoms with E-state index in [0.29, 0.717) is 0 Å². The Morgan fingerprint density at radius 3 is 2.44 bits per heavy atom. The van der Waals surface area contributed by atoms with Gasteiger partial charge in [-0.3, -0.25) is 14.5 Å². The van der Waals surface area contributed by atoms with E-state index in [9.17, 15) is 0 Å². The molecule has 2 aromatic carbocycles. The second-order valence-corrected chi connectivity index (χ2v) is 8.25. The average molecular weight is 438 g/mol. The molecule has 5 aromatic heterocycles. The summed E-state index contributed by atoms with van der Waals surface area (Å²) in [7, 11) is 0. The van der Waals surface area contributed by atoms with Crippen molar-refractivity contribution in [3.8, 4) is 22.8 Å². The van der Waals surface area contributed by atoms with E-state index in [1.165, 1.54) is 0 Å². The second-order valence-electron chi connectivity index (χ2n) is 8.25. The molecule has 5 heteroatoms. The van der Waals surface area contributed by atoms with Gasteiger partial charge >= 0.3 is 0 Å². The van der Waals surface area contributed by atoms with E-state index in [1.807, 2.05) is 48.8 Å². The van der Waals surface area contributed by atoms with Gasteiger partial charge in [0.05, 0.1) is 27.8 Å². The summed E-state index contributed by atoms with van der Waals surface area (Å²) in [6, 6.07) is 31.1. The molecule has 34 heavy (non-hydrogen) atoms. The first-order valence-electron chi connectivity index (χ1n) is 11.2. The third-order valence-electron chi connectivity index (χ3n) is 6.31. The van der Waals surface area contributed by atoms with Crippen molar-refractivity contribution in [2.24, 2.45) is 0 Å². The van der Waals surface area contributed by atoms with Crippen LogP contribution in [0.25, 0.3) is 55.6 Å². The number of benzene rings is 2. The van der Waals surface area contributed by atoms with Crippen molar-refractivity contribution in [1.82, 2.24) is 24.1 Å². The van der Waals surface area contributed by atoms with Crippen LogP contribution in [-0.2, 0) is 0 Å². The van der Waals surface area contributed by atoms with Crippen LogP contribution in [0.4, 0.5) is 0 Å². The van der Waals surface area contributed by atoms with Gasteiger partial charge in [0.25, 0.3) is 0 Å². The predicted octanol–water partition coefficient (Wildman–Crippen LogP) is 6.58. The van der Waals surface area contributed by atoms with Crippen molar-refractivity contribution in [2.45, 2.75) is 0 Å². The zero-order valence-corrected chi connectivity index (χ0v) is 18.2. The molecular formula is C29H19N5. The lowest BCUT2D eigenvalue weighted by molar-refractivity contribution is 1.08. The first kappa shape index (κ1) is 18.8. The van der Waals surface area contributed by atoms with E-state index >= 15 is 0 Å². The Balaban J connectivity index is 1.56. The molecule has 0 saturated carbocycles. The molecule has 0 aliphatic heterocycles. The molecule has 0 unspecified atom stereocenters. The van der Waals surface area contributed by atoms with Crippen molar-refractivity contribution < 1.29 is 0 Å². The molecule has 0 bridgehead atoms. The lowest BCUT2D eigenvalue weighted by atomic mass is 10.1. The molecule has 160 valence electrons. The molecule has 0 aliphatic rings. The molecule has 0 N–H and O–H groups in total. The van der Waals surface area contributed by atoms with E-state index in [-0.39, 0.29) is 0 Å². The van der Waals surface area contributed by atoms with Crippen molar-refractivity contribution in [1.29, 1.82) is 0 Å². The van der Waals surface area contributed by atoms with Crippen molar-refractivity contribution >= 4 is 32.8 Å². The fraction of sp³-hybridized carbons (Fsp3) is 0. The molecule has 7 aromatic rings. The highest BCUT2D eigenvalue weighted by atomic mass is 15.1. The zero-order chi connectivity index (χ0) is 22.5. The van der Waals surface area contributed by atoms with Gasteiger partial charge in [0.1, 0.15) is 5.82 Å². The molecule has 0 fully saturated rings. The molecule has 0 amide bonds. The van der Waals surface area contributed by atoms with Gasteiger partial charge in [0.2, 0.25) is 0 Å². The minimum absolute atomic E-state index is 0.856. The second kappa shape index (κ2) is 7.39. The average Bonchev–Trinajstić information content (AvgIpc) is 3.49. The molecule has 5 nitrogen and oxygen atoms in total. The van der Waals surface area contributed by atoms with Crippen molar-refractivity contribution in [3.05, 3.63) is 116 Å². The molecule has 5 heterocycles. The SMILES string of the molecule is c1ccc(-n2ccc3c2ccc2c4ncccc4n(-c4cccc(-c5cccnc5)n4)c23)cc1. The van der Waals surface area contributed by atoms with Crippen LogP contribution in [0.3, 0.4) is 0 Å². The molecule has 7 rings (SSSR count).